The third kappa shape index (κ3) is 2.84. The average Bonchev–Trinajstić information content (AvgIpc) is 2.51. The number of rotatable bonds is 5. The van der Waals surface area contributed by atoms with Crippen LogP contribution in [0.1, 0.15) is 44.9 Å². The van der Waals surface area contributed by atoms with Crippen LogP contribution in [0.15, 0.2) is 12.5 Å². The fourth-order valence-corrected chi connectivity index (χ4v) is 1.80. The highest BCUT2D eigenvalue weighted by molar-refractivity contribution is 5.01. The molecule has 0 fully saturated rings. The standard InChI is InChI=1S/C11H20N2O/c1-4-5-9(2)6-11(14)10-7-12-8-13(10)3/h7-9,11,14H,4-6H2,1-3H3. The molecule has 0 spiro atoms. The molecule has 1 aromatic heterocycles. The lowest BCUT2D eigenvalue weighted by Crippen LogP contribution is -2.08. The first kappa shape index (κ1) is 11.2. The maximum absolute atomic E-state index is 9.93. The maximum Gasteiger partial charge on any atom is 0.0958 e. The van der Waals surface area contributed by atoms with Crippen LogP contribution >= 0.6 is 0 Å². The van der Waals surface area contributed by atoms with Gasteiger partial charge in [-0.15, -0.1) is 0 Å². The number of aryl methyl sites for hydroxylation is 1. The number of imidazole rings is 1. The van der Waals surface area contributed by atoms with Crippen molar-refractivity contribution in [3.8, 4) is 0 Å². The van der Waals surface area contributed by atoms with Crippen LogP contribution in [0.5, 0.6) is 0 Å². The van der Waals surface area contributed by atoms with Gasteiger partial charge in [-0.3, -0.25) is 0 Å². The van der Waals surface area contributed by atoms with Gasteiger partial charge in [0.15, 0.2) is 0 Å². The molecule has 3 heteroatoms. The summed E-state index contributed by atoms with van der Waals surface area (Å²) in [7, 11) is 1.91. The average molecular weight is 196 g/mol. The van der Waals surface area contributed by atoms with Crippen molar-refractivity contribution < 1.29 is 5.11 Å². The van der Waals surface area contributed by atoms with Crippen molar-refractivity contribution in [1.82, 2.24) is 9.55 Å². The second kappa shape index (κ2) is 5.15. The van der Waals surface area contributed by atoms with Gasteiger partial charge in [0, 0.05) is 7.05 Å². The Kier molecular flexibility index (Phi) is 4.14. The molecule has 0 aliphatic carbocycles. The Morgan fingerprint density at radius 1 is 1.57 bits per heavy atom. The molecule has 2 atom stereocenters. The lowest BCUT2D eigenvalue weighted by molar-refractivity contribution is 0.137. The monoisotopic (exact) mass is 196 g/mol. The molecule has 0 amide bonds. The minimum Gasteiger partial charge on any atom is -0.387 e. The van der Waals surface area contributed by atoms with E-state index in [4.69, 9.17) is 0 Å². The number of aliphatic hydroxyl groups excluding tert-OH is 1. The summed E-state index contributed by atoms with van der Waals surface area (Å²) in [6.45, 7) is 4.36. The first-order valence-electron chi connectivity index (χ1n) is 5.29. The largest absolute Gasteiger partial charge is 0.387 e. The van der Waals surface area contributed by atoms with Crippen LogP contribution in [-0.4, -0.2) is 14.7 Å². The third-order valence-corrected chi connectivity index (χ3v) is 2.60. The Hall–Kier alpha value is -0.830. The minimum absolute atomic E-state index is 0.371. The molecule has 0 saturated carbocycles. The second-order valence-corrected chi connectivity index (χ2v) is 4.07. The summed E-state index contributed by atoms with van der Waals surface area (Å²) in [5.74, 6) is 0.574. The molecular formula is C11H20N2O. The highest BCUT2D eigenvalue weighted by atomic mass is 16.3. The lowest BCUT2D eigenvalue weighted by Gasteiger charge is -2.15. The predicted octanol–water partition coefficient (Wildman–Crippen LogP) is 2.28. The van der Waals surface area contributed by atoms with Gasteiger partial charge in [-0.1, -0.05) is 26.7 Å². The third-order valence-electron chi connectivity index (χ3n) is 2.60. The zero-order valence-corrected chi connectivity index (χ0v) is 9.27. The zero-order chi connectivity index (χ0) is 10.6. The van der Waals surface area contributed by atoms with Crippen LogP contribution in [0.25, 0.3) is 0 Å². The fourth-order valence-electron chi connectivity index (χ4n) is 1.80. The Labute approximate surface area is 85.8 Å². The van der Waals surface area contributed by atoms with Gasteiger partial charge < -0.3 is 9.67 Å². The normalized spacial score (nSPS) is 15.4. The molecule has 1 heterocycles. The predicted molar refractivity (Wildman–Crippen MR) is 56.9 cm³/mol. The van der Waals surface area contributed by atoms with E-state index in [1.807, 2.05) is 11.6 Å². The van der Waals surface area contributed by atoms with E-state index in [2.05, 4.69) is 18.8 Å². The zero-order valence-electron chi connectivity index (χ0n) is 9.27. The van der Waals surface area contributed by atoms with Crippen LogP contribution in [0.3, 0.4) is 0 Å². The molecule has 0 radical (unpaired) electrons. The molecule has 0 bridgehead atoms. The number of aromatic nitrogens is 2. The first-order chi connectivity index (χ1) is 6.65. The van der Waals surface area contributed by atoms with Crippen molar-refractivity contribution >= 4 is 0 Å². The van der Waals surface area contributed by atoms with E-state index >= 15 is 0 Å². The van der Waals surface area contributed by atoms with Crippen LogP contribution in [0.4, 0.5) is 0 Å². The van der Waals surface area contributed by atoms with E-state index in [1.165, 1.54) is 12.8 Å². The van der Waals surface area contributed by atoms with Gasteiger partial charge in [-0.25, -0.2) is 4.98 Å². The van der Waals surface area contributed by atoms with Crippen molar-refractivity contribution in [2.45, 2.75) is 39.2 Å². The second-order valence-electron chi connectivity index (χ2n) is 4.07. The number of aliphatic hydroxyl groups is 1. The van der Waals surface area contributed by atoms with Crippen molar-refractivity contribution in [3.05, 3.63) is 18.2 Å². The quantitative estimate of drug-likeness (QED) is 0.784. The Morgan fingerprint density at radius 2 is 2.29 bits per heavy atom. The van der Waals surface area contributed by atoms with Crippen molar-refractivity contribution in [2.75, 3.05) is 0 Å². The topological polar surface area (TPSA) is 38.1 Å². The van der Waals surface area contributed by atoms with E-state index < -0.39 is 0 Å². The van der Waals surface area contributed by atoms with Gasteiger partial charge in [0.2, 0.25) is 0 Å². The molecule has 3 nitrogen and oxygen atoms in total. The Bertz CT molecular complexity index is 270. The van der Waals surface area contributed by atoms with E-state index in [0.29, 0.717) is 5.92 Å². The summed E-state index contributed by atoms with van der Waals surface area (Å²) < 4.78 is 1.88. The van der Waals surface area contributed by atoms with Crippen molar-refractivity contribution in [2.24, 2.45) is 13.0 Å². The number of hydrogen-bond donors (Lipinski definition) is 1. The molecule has 1 rings (SSSR count). The molecule has 14 heavy (non-hydrogen) atoms. The molecule has 0 aliphatic heterocycles. The van der Waals surface area contributed by atoms with Gasteiger partial charge >= 0.3 is 0 Å². The van der Waals surface area contributed by atoms with Crippen molar-refractivity contribution in [3.63, 3.8) is 0 Å². The van der Waals surface area contributed by atoms with Gasteiger partial charge in [-0.2, -0.15) is 0 Å². The highest BCUT2D eigenvalue weighted by Gasteiger charge is 2.14. The number of nitrogens with zero attached hydrogens (tertiary/aromatic N) is 2. The lowest BCUT2D eigenvalue weighted by atomic mass is 9.97. The molecular weight excluding hydrogens is 176 g/mol. The van der Waals surface area contributed by atoms with Gasteiger partial charge in [-0.05, 0) is 12.3 Å². The van der Waals surface area contributed by atoms with E-state index in [0.717, 1.165) is 12.1 Å². The van der Waals surface area contributed by atoms with Crippen LogP contribution in [0.2, 0.25) is 0 Å². The van der Waals surface area contributed by atoms with Crippen molar-refractivity contribution in [1.29, 1.82) is 0 Å². The molecule has 80 valence electrons. The molecule has 0 saturated heterocycles. The smallest absolute Gasteiger partial charge is 0.0958 e. The van der Waals surface area contributed by atoms with E-state index in [9.17, 15) is 5.11 Å². The SMILES string of the molecule is CCCC(C)CC(O)c1cncn1C. The summed E-state index contributed by atoms with van der Waals surface area (Å²) in [6, 6.07) is 0. The fraction of sp³-hybridized carbons (Fsp3) is 0.727. The summed E-state index contributed by atoms with van der Waals surface area (Å²) in [4.78, 5) is 4.00. The Balaban J connectivity index is 2.50. The molecule has 1 N–H and O–H groups in total. The Morgan fingerprint density at radius 3 is 2.79 bits per heavy atom. The molecule has 0 aliphatic rings. The van der Waals surface area contributed by atoms with Gasteiger partial charge in [0.1, 0.15) is 0 Å². The van der Waals surface area contributed by atoms with Crippen LogP contribution in [0, 0.1) is 5.92 Å². The van der Waals surface area contributed by atoms with Crippen LogP contribution < -0.4 is 0 Å². The summed E-state index contributed by atoms with van der Waals surface area (Å²) in [5.41, 5.74) is 0.910. The van der Waals surface area contributed by atoms with Crippen LogP contribution in [-0.2, 0) is 7.05 Å². The summed E-state index contributed by atoms with van der Waals surface area (Å²) in [5, 5.41) is 9.93. The highest BCUT2D eigenvalue weighted by Crippen LogP contribution is 2.22. The summed E-state index contributed by atoms with van der Waals surface area (Å²) >= 11 is 0. The van der Waals surface area contributed by atoms with E-state index in [-0.39, 0.29) is 6.10 Å². The summed E-state index contributed by atoms with van der Waals surface area (Å²) in [6.07, 6.45) is 6.28. The molecule has 1 aromatic rings. The van der Waals surface area contributed by atoms with Gasteiger partial charge in [0.25, 0.3) is 0 Å². The van der Waals surface area contributed by atoms with E-state index in [1.54, 1.807) is 12.5 Å². The maximum atomic E-state index is 9.93. The number of hydrogen-bond acceptors (Lipinski definition) is 2. The molecule has 0 aromatic carbocycles. The molecule has 2 unspecified atom stereocenters. The van der Waals surface area contributed by atoms with Gasteiger partial charge in [0.05, 0.1) is 24.3 Å². The minimum atomic E-state index is -0.371. The first-order valence-corrected chi connectivity index (χ1v) is 5.29.